The zero-order valence-corrected chi connectivity index (χ0v) is 25.0. The van der Waals surface area contributed by atoms with Crippen molar-refractivity contribution in [3.63, 3.8) is 0 Å². The molecule has 44 heavy (non-hydrogen) atoms. The first-order valence-corrected chi connectivity index (χ1v) is 15.8. The van der Waals surface area contributed by atoms with Crippen molar-refractivity contribution in [3.8, 4) is 5.75 Å². The Hall–Kier alpha value is -4.17. The number of anilines is 1. The van der Waals surface area contributed by atoms with Crippen LogP contribution in [-0.2, 0) is 28.4 Å². The molecular formula is C30H32F2N6O5S. The van der Waals surface area contributed by atoms with Crippen LogP contribution in [0, 0.1) is 6.92 Å². The van der Waals surface area contributed by atoms with Crippen LogP contribution >= 0.6 is 0 Å². The SMILES string of the molecule is Cc1ccc([C@@H](CC(=O)O)c2cc(OC(F)F)c3c(c2)nnn3C)cc1CN1C[C@H]2CCCCN2c2ncccc2S1(=O)=O. The number of carbonyl (C=O) groups is 1. The number of pyridine rings is 1. The molecule has 6 rings (SSSR count). The number of hydrogen-bond donors (Lipinski definition) is 1. The molecule has 1 saturated heterocycles. The van der Waals surface area contributed by atoms with Gasteiger partial charge in [0.05, 0.1) is 6.42 Å². The fourth-order valence-electron chi connectivity index (χ4n) is 6.32. The number of aromatic nitrogens is 4. The normalized spacial score (nSPS) is 18.9. The minimum Gasteiger partial charge on any atom is -0.481 e. The van der Waals surface area contributed by atoms with Crippen LogP contribution in [0.3, 0.4) is 0 Å². The Morgan fingerprint density at radius 2 is 1.98 bits per heavy atom. The molecule has 4 heterocycles. The lowest BCUT2D eigenvalue weighted by molar-refractivity contribution is -0.137. The van der Waals surface area contributed by atoms with E-state index in [-0.39, 0.29) is 40.7 Å². The molecule has 0 bridgehead atoms. The van der Waals surface area contributed by atoms with Crippen molar-refractivity contribution in [2.75, 3.05) is 18.0 Å². The van der Waals surface area contributed by atoms with Crippen molar-refractivity contribution in [1.82, 2.24) is 24.3 Å². The molecule has 0 saturated carbocycles. The Labute approximate surface area is 253 Å². The number of halogens is 2. The standard InChI is InChI=1S/C30H32F2N6O5S/c1-18-8-9-19(23(15-27(39)40)20-13-24-28(36(2)35-34-24)25(14-20)43-30(31)32)12-21(18)16-37-17-22-6-3-4-11-38(22)29-26(44(37,41)42)7-5-10-33-29/h5,7-10,12-14,22-23,30H,3-4,6,11,15-17H2,1-2H3,(H,39,40)/t22-,23-/m1/s1. The van der Waals surface area contributed by atoms with Gasteiger partial charge in [-0.2, -0.15) is 13.1 Å². The molecule has 0 amide bonds. The molecule has 2 aromatic carbocycles. The molecule has 0 spiro atoms. The van der Waals surface area contributed by atoms with Gasteiger partial charge in [-0.3, -0.25) is 4.79 Å². The Kier molecular flexibility index (Phi) is 7.97. The van der Waals surface area contributed by atoms with Gasteiger partial charge in [-0.1, -0.05) is 23.4 Å². The zero-order valence-electron chi connectivity index (χ0n) is 24.2. The molecule has 0 unspecified atom stereocenters. The first-order chi connectivity index (χ1) is 21.0. The molecule has 1 fully saturated rings. The highest BCUT2D eigenvalue weighted by Gasteiger charge is 2.39. The van der Waals surface area contributed by atoms with Crippen LogP contribution in [0.2, 0.25) is 0 Å². The largest absolute Gasteiger partial charge is 0.481 e. The number of sulfonamides is 1. The fraction of sp³-hybridized carbons (Fsp3) is 0.400. The van der Waals surface area contributed by atoms with Crippen LogP contribution in [-0.4, -0.2) is 69.5 Å². The monoisotopic (exact) mass is 626 g/mol. The van der Waals surface area contributed by atoms with E-state index in [2.05, 4.69) is 20.2 Å². The summed E-state index contributed by atoms with van der Waals surface area (Å²) < 4.78 is 62.3. The predicted octanol–water partition coefficient (Wildman–Crippen LogP) is 4.44. The van der Waals surface area contributed by atoms with E-state index in [0.29, 0.717) is 29.1 Å². The van der Waals surface area contributed by atoms with E-state index in [4.69, 9.17) is 4.74 Å². The fourth-order valence-corrected chi connectivity index (χ4v) is 7.93. The molecule has 4 aromatic rings. The van der Waals surface area contributed by atoms with Gasteiger partial charge in [-0.05, 0) is 72.7 Å². The van der Waals surface area contributed by atoms with Gasteiger partial charge >= 0.3 is 12.6 Å². The third-order valence-electron chi connectivity index (χ3n) is 8.49. The van der Waals surface area contributed by atoms with Crippen molar-refractivity contribution < 1.29 is 31.8 Å². The van der Waals surface area contributed by atoms with Crippen molar-refractivity contribution >= 4 is 32.8 Å². The highest BCUT2D eigenvalue weighted by Crippen LogP contribution is 2.38. The summed E-state index contributed by atoms with van der Waals surface area (Å²) in [5.74, 6) is -1.54. The van der Waals surface area contributed by atoms with Crippen LogP contribution in [0.4, 0.5) is 14.6 Å². The summed E-state index contributed by atoms with van der Waals surface area (Å²) >= 11 is 0. The molecular weight excluding hydrogens is 594 g/mol. The number of benzene rings is 2. The molecule has 11 nitrogen and oxygen atoms in total. The van der Waals surface area contributed by atoms with Gasteiger partial charge in [0.25, 0.3) is 0 Å². The van der Waals surface area contributed by atoms with Crippen LogP contribution in [0.25, 0.3) is 11.0 Å². The minimum absolute atomic E-state index is 0.0233. The number of aliphatic carboxylic acids is 1. The maximum atomic E-state index is 14.0. The summed E-state index contributed by atoms with van der Waals surface area (Å²) in [6, 6.07) is 11.6. The first kappa shape index (κ1) is 29.9. The molecule has 2 atom stereocenters. The highest BCUT2D eigenvalue weighted by molar-refractivity contribution is 7.89. The van der Waals surface area contributed by atoms with E-state index in [1.807, 2.05) is 13.0 Å². The maximum absolute atomic E-state index is 14.0. The molecule has 232 valence electrons. The van der Waals surface area contributed by atoms with Gasteiger partial charge in [0, 0.05) is 44.8 Å². The summed E-state index contributed by atoms with van der Waals surface area (Å²) in [6.07, 6.45) is 4.07. The number of nitrogens with zero attached hydrogens (tertiary/aromatic N) is 6. The van der Waals surface area contributed by atoms with E-state index in [9.17, 15) is 27.1 Å². The smallest absolute Gasteiger partial charge is 0.387 e. The van der Waals surface area contributed by atoms with E-state index in [0.717, 1.165) is 31.4 Å². The zero-order chi connectivity index (χ0) is 31.2. The lowest BCUT2D eigenvalue weighted by atomic mass is 9.86. The number of rotatable bonds is 8. The van der Waals surface area contributed by atoms with Crippen LogP contribution in [0.1, 0.15) is 53.9 Å². The Bertz CT molecular complexity index is 1830. The number of aryl methyl sites for hydroxylation is 2. The van der Waals surface area contributed by atoms with Crippen LogP contribution < -0.4 is 9.64 Å². The maximum Gasteiger partial charge on any atom is 0.387 e. The lowest BCUT2D eigenvalue weighted by Gasteiger charge is -2.36. The van der Waals surface area contributed by atoms with Gasteiger partial charge < -0.3 is 14.7 Å². The van der Waals surface area contributed by atoms with Gasteiger partial charge in [-0.15, -0.1) is 5.10 Å². The summed E-state index contributed by atoms with van der Waals surface area (Å²) in [6.45, 7) is -0.139. The highest BCUT2D eigenvalue weighted by atomic mass is 32.2. The second-order valence-electron chi connectivity index (χ2n) is 11.3. The Morgan fingerprint density at radius 3 is 2.75 bits per heavy atom. The number of ether oxygens (including phenoxy) is 1. The average molecular weight is 627 g/mol. The van der Waals surface area contributed by atoms with Gasteiger partial charge in [0.1, 0.15) is 21.7 Å². The topological polar surface area (TPSA) is 131 Å². The van der Waals surface area contributed by atoms with Crippen molar-refractivity contribution in [2.24, 2.45) is 7.05 Å². The number of alkyl halides is 2. The third kappa shape index (κ3) is 5.59. The van der Waals surface area contributed by atoms with Crippen molar-refractivity contribution in [3.05, 3.63) is 70.9 Å². The summed E-state index contributed by atoms with van der Waals surface area (Å²) in [7, 11) is -2.36. The molecule has 14 heteroatoms. The number of hydrogen-bond acceptors (Lipinski definition) is 8. The molecule has 0 radical (unpaired) electrons. The van der Waals surface area contributed by atoms with Crippen molar-refractivity contribution in [1.29, 1.82) is 0 Å². The molecule has 2 aromatic heterocycles. The second-order valence-corrected chi connectivity index (χ2v) is 13.2. The molecule has 0 aliphatic carbocycles. The van der Waals surface area contributed by atoms with Crippen molar-refractivity contribution in [2.45, 2.75) is 62.6 Å². The summed E-state index contributed by atoms with van der Waals surface area (Å²) in [5, 5.41) is 17.8. The predicted molar refractivity (Wildman–Crippen MR) is 157 cm³/mol. The number of piperidine rings is 1. The number of carboxylic acid groups (broad SMARTS) is 1. The summed E-state index contributed by atoms with van der Waals surface area (Å²) in [5.41, 5.74) is 3.08. The number of fused-ring (bicyclic) bond motifs is 4. The third-order valence-corrected chi connectivity index (χ3v) is 10.3. The first-order valence-electron chi connectivity index (χ1n) is 14.3. The van der Waals surface area contributed by atoms with E-state index in [1.165, 1.54) is 15.1 Å². The Balaban J connectivity index is 1.40. The quantitative estimate of drug-likeness (QED) is 0.302. The molecule has 1 N–H and O–H groups in total. The van der Waals surface area contributed by atoms with Gasteiger partial charge in [-0.25, -0.2) is 18.1 Å². The number of carboxylic acids is 1. The molecule has 2 aliphatic heterocycles. The van der Waals surface area contributed by atoms with E-state index in [1.54, 1.807) is 43.6 Å². The Morgan fingerprint density at radius 1 is 1.16 bits per heavy atom. The lowest BCUT2D eigenvalue weighted by Crippen LogP contribution is -2.45. The van der Waals surface area contributed by atoms with Gasteiger partial charge in [0.2, 0.25) is 10.0 Å². The van der Waals surface area contributed by atoms with Gasteiger partial charge in [0.15, 0.2) is 5.75 Å². The van der Waals surface area contributed by atoms with Crippen LogP contribution in [0.15, 0.2) is 53.6 Å². The average Bonchev–Trinajstić information content (AvgIpc) is 3.33. The van der Waals surface area contributed by atoms with E-state index >= 15 is 0 Å². The van der Waals surface area contributed by atoms with E-state index < -0.39 is 28.5 Å². The second kappa shape index (κ2) is 11.7. The summed E-state index contributed by atoms with van der Waals surface area (Å²) in [4.78, 5) is 18.8. The molecule has 2 aliphatic rings. The minimum atomic E-state index is -3.91. The van der Waals surface area contributed by atoms with Crippen LogP contribution in [0.5, 0.6) is 5.75 Å².